The van der Waals surface area contributed by atoms with E-state index in [0.717, 1.165) is 48.5 Å². The van der Waals surface area contributed by atoms with Gasteiger partial charge in [0.05, 0.1) is 37.0 Å². The molecule has 0 radical (unpaired) electrons. The molecule has 2 atom stereocenters. The molecule has 0 saturated heterocycles. The summed E-state index contributed by atoms with van der Waals surface area (Å²) in [6, 6.07) is 12.3. The van der Waals surface area contributed by atoms with Gasteiger partial charge in [-0.3, -0.25) is 4.98 Å². The highest BCUT2D eigenvalue weighted by Crippen LogP contribution is 2.36. The largest absolute Gasteiger partial charge is 0.495 e. The number of rotatable bonds is 9. The van der Waals surface area contributed by atoms with Gasteiger partial charge in [-0.15, -0.1) is 23.7 Å². The van der Waals surface area contributed by atoms with Crippen molar-refractivity contribution in [2.75, 3.05) is 24.4 Å². The summed E-state index contributed by atoms with van der Waals surface area (Å²) in [4.78, 5) is 15.7. The molecule has 7 nitrogen and oxygen atoms in total. The molecule has 4 aromatic rings. The fourth-order valence-electron chi connectivity index (χ4n) is 4.86. The number of fused-ring (bicyclic) bond motifs is 1. The summed E-state index contributed by atoms with van der Waals surface area (Å²) in [5.74, 6) is 1.39. The molecule has 0 bridgehead atoms. The SMILES string of the molecule is COc1cncc(Nc2ccc(CNC3CCC(N(C)c4ncnc5sc(CC(F)(F)F)cc45)C3)cc2)c1.Cl. The zero-order chi connectivity index (χ0) is 26.7. The number of anilines is 3. The van der Waals surface area contributed by atoms with Crippen LogP contribution in [0.2, 0.25) is 0 Å². The van der Waals surface area contributed by atoms with Crippen molar-refractivity contribution in [3.05, 3.63) is 65.6 Å². The van der Waals surface area contributed by atoms with E-state index >= 15 is 0 Å². The molecule has 1 saturated carbocycles. The summed E-state index contributed by atoms with van der Waals surface area (Å²) < 4.78 is 43.9. The van der Waals surface area contributed by atoms with E-state index in [9.17, 15) is 13.2 Å². The number of nitrogens with zero attached hydrogens (tertiary/aromatic N) is 4. The van der Waals surface area contributed by atoms with Gasteiger partial charge in [-0.05, 0) is 43.0 Å². The molecule has 1 fully saturated rings. The summed E-state index contributed by atoms with van der Waals surface area (Å²) in [7, 11) is 3.59. The van der Waals surface area contributed by atoms with Crippen LogP contribution in [0.15, 0.2) is 55.1 Å². The number of ether oxygens (including phenoxy) is 1. The number of thiophene rings is 1. The fourth-order valence-corrected chi connectivity index (χ4v) is 5.88. The van der Waals surface area contributed by atoms with Crippen LogP contribution in [0, 0.1) is 0 Å². The molecule has 12 heteroatoms. The van der Waals surface area contributed by atoms with Gasteiger partial charge in [-0.1, -0.05) is 12.1 Å². The van der Waals surface area contributed by atoms with Crippen molar-refractivity contribution in [2.24, 2.45) is 0 Å². The van der Waals surface area contributed by atoms with E-state index in [0.29, 0.717) is 27.8 Å². The van der Waals surface area contributed by atoms with Crippen LogP contribution < -0.4 is 20.3 Å². The molecule has 0 aliphatic heterocycles. The standard InChI is InChI=1S/C27H29F3N6OS.ClH/c1-36(25-24-11-23(12-27(28,29)30)38-26(24)34-16-33-25)21-8-7-19(9-21)32-13-17-3-5-18(6-4-17)35-20-10-22(37-2)15-31-14-20;/h3-6,10-11,14-16,19,21,32,35H,7-9,12-13H2,1-2H3;1H. The highest BCUT2D eigenvalue weighted by atomic mass is 35.5. The molecule has 1 aliphatic carbocycles. The molecular weight excluding hydrogens is 549 g/mol. The molecule has 208 valence electrons. The number of hydrogen-bond acceptors (Lipinski definition) is 8. The Kier molecular flexibility index (Phi) is 9.14. The Morgan fingerprint density at radius 2 is 1.87 bits per heavy atom. The summed E-state index contributed by atoms with van der Waals surface area (Å²) in [5.41, 5.74) is 3.01. The van der Waals surface area contributed by atoms with Crippen molar-refractivity contribution in [2.45, 2.75) is 50.5 Å². The Balaban J connectivity index is 0.00000353. The maximum Gasteiger partial charge on any atom is 0.393 e. The predicted octanol–water partition coefficient (Wildman–Crippen LogP) is 6.51. The third-order valence-corrected chi connectivity index (χ3v) is 7.85. The third-order valence-electron chi connectivity index (χ3n) is 6.81. The number of nitrogens with one attached hydrogen (secondary N) is 2. The molecule has 1 aromatic carbocycles. The van der Waals surface area contributed by atoms with Gasteiger partial charge in [0, 0.05) is 42.3 Å². The number of halogens is 4. The average molecular weight is 579 g/mol. The predicted molar refractivity (Wildman–Crippen MR) is 152 cm³/mol. The topological polar surface area (TPSA) is 75.2 Å². The number of aromatic nitrogens is 3. The molecular formula is C27H30ClF3N6OS. The van der Waals surface area contributed by atoms with Crippen LogP contribution >= 0.6 is 23.7 Å². The third kappa shape index (κ3) is 7.28. The number of hydrogen-bond donors (Lipinski definition) is 2. The molecule has 1 aliphatic rings. The molecule has 39 heavy (non-hydrogen) atoms. The van der Waals surface area contributed by atoms with Crippen molar-refractivity contribution in [1.82, 2.24) is 20.3 Å². The molecule has 5 rings (SSSR count). The summed E-state index contributed by atoms with van der Waals surface area (Å²) in [5, 5.41) is 7.67. The van der Waals surface area contributed by atoms with Crippen LogP contribution in [0.5, 0.6) is 5.75 Å². The van der Waals surface area contributed by atoms with Gasteiger partial charge in [0.15, 0.2) is 0 Å². The highest BCUT2D eigenvalue weighted by Gasteiger charge is 2.31. The Labute approximate surface area is 235 Å². The number of benzene rings is 1. The lowest BCUT2D eigenvalue weighted by atomic mass is 10.1. The fraction of sp³-hybridized carbons (Fsp3) is 0.370. The lowest BCUT2D eigenvalue weighted by Gasteiger charge is -2.26. The van der Waals surface area contributed by atoms with E-state index < -0.39 is 12.6 Å². The summed E-state index contributed by atoms with van der Waals surface area (Å²) in [6.45, 7) is 0.755. The first-order valence-corrected chi connectivity index (χ1v) is 13.2. The second-order valence-electron chi connectivity index (χ2n) is 9.51. The highest BCUT2D eigenvalue weighted by molar-refractivity contribution is 7.18. The van der Waals surface area contributed by atoms with Gasteiger partial charge in [0.25, 0.3) is 0 Å². The van der Waals surface area contributed by atoms with Crippen molar-refractivity contribution >= 4 is 51.2 Å². The number of alkyl halides is 3. The molecule has 0 amide bonds. The van der Waals surface area contributed by atoms with Gasteiger partial charge in [0.2, 0.25) is 0 Å². The Bertz CT molecular complexity index is 1380. The van der Waals surface area contributed by atoms with E-state index in [1.54, 1.807) is 25.6 Å². The molecule has 0 spiro atoms. The number of methoxy groups -OCH3 is 1. The maximum absolute atomic E-state index is 12.9. The van der Waals surface area contributed by atoms with Gasteiger partial charge in [-0.2, -0.15) is 13.2 Å². The van der Waals surface area contributed by atoms with Crippen LogP contribution in [0.3, 0.4) is 0 Å². The second kappa shape index (κ2) is 12.4. The van der Waals surface area contributed by atoms with Crippen molar-refractivity contribution in [1.29, 1.82) is 0 Å². The second-order valence-corrected chi connectivity index (χ2v) is 10.6. The van der Waals surface area contributed by atoms with Gasteiger partial charge in [-0.25, -0.2) is 9.97 Å². The monoisotopic (exact) mass is 578 g/mol. The lowest BCUT2D eigenvalue weighted by Crippen LogP contribution is -2.33. The molecule has 2 N–H and O–H groups in total. The minimum absolute atomic E-state index is 0. The molecule has 3 aromatic heterocycles. The first kappa shape index (κ1) is 28.8. The smallest absolute Gasteiger partial charge is 0.393 e. The average Bonchev–Trinajstić information content (AvgIpc) is 3.53. The Morgan fingerprint density at radius 1 is 1.08 bits per heavy atom. The lowest BCUT2D eigenvalue weighted by molar-refractivity contribution is -0.126. The van der Waals surface area contributed by atoms with E-state index in [2.05, 4.69) is 42.6 Å². The van der Waals surface area contributed by atoms with Crippen LogP contribution in [-0.2, 0) is 13.0 Å². The van der Waals surface area contributed by atoms with Crippen LogP contribution in [0.4, 0.5) is 30.4 Å². The van der Waals surface area contributed by atoms with Crippen LogP contribution in [0.1, 0.15) is 29.7 Å². The molecule has 3 heterocycles. The van der Waals surface area contributed by atoms with Crippen LogP contribution in [-0.4, -0.2) is 47.4 Å². The van der Waals surface area contributed by atoms with Crippen molar-refractivity contribution in [3.63, 3.8) is 0 Å². The Morgan fingerprint density at radius 3 is 2.62 bits per heavy atom. The normalized spacial score (nSPS) is 17.2. The van der Waals surface area contributed by atoms with Gasteiger partial charge < -0.3 is 20.3 Å². The maximum atomic E-state index is 12.9. The first-order chi connectivity index (χ1) is 18.3. The van der Waals surface area contributed by atoms with Crippen LogP contribution in [0.25, 0.3) is 10.2 Å². The summed E-state index contributed by atoms with van der Waals surface area (Å²) >= 11 is 1.08. The first-order valence-electron chi connectivity index (χ1n) is 12.4. The van der Waals surface area contributed by atoms with Gasteiger partial charge >= 0.3 is 6.18 Å². The summed E-state index contributed by atoms with van der Waals surface area (Å²) in [6.07, 6.45) is 2.61. The molecule has 2 unspecified atom stereocenters. The van der Waals surface area contributed by atoms with E-state index in [1.807, 2.05) is 25.2 Å². The van der Waals surface area contributed by atoms with E-state index in [1.165, 1.54) is 11.9 Å². The van der Waals surface area contributed by atoms with E-state index in [-0.39, 0.29) is 23.3 Å². The quantitative estimate of drug-likeness (QED) is 0.234. The van der Waals surface area contributed by atoms with Gasteiger partial charge in [0.1, 0.15) is 22.7 Å². The minimum Gasteiger partial charge on any atom is -0.495 e. The Hall–Kier alpha value is -3.15. The zero-order valence-corrected chi connectivity index (χ0v) is 23.2. The van der Waals surface area contributed by atoms with Crippen molar-refractivity contribution in [3.8, 4) is 5.75 Å². The minimum atomic E-state index is -4.24. The van der Waals surface area contributed by atoms with Crippen molar-refractivity contribution < 1.29 is 17.9 Å². The number of pyridine rings is 1. The zero-order valence-electron chi connectivity index (χ0n) is 21.5. The van der Waals surface area contributed by atoms with E-state index in [4.69, 9.17) is 4.74 Å².